The second-order valence-corrected chi connectivity index (χ2v) is 9.80. The Kier molecular flexibility index (Phi) is 6.06. The molecule has 0 aliphatic carbocycles. The van der Waals surface area contributed by atoms with E-state index in [1.54, 1.807) is 24.4 Å². The number of nitrogens with one attached hydrogen (secondary N) is 1. The van der Waals surface area contributed by atoms with Crippen LogP contribution in [0.25, 0.3) is 0 Å². The van der Waals surface area contributed by atoms with Crippen LogP contribution in [-0.4, -0.2) is 48.9 Å². The van der Waals surface area contributed by atoms with Gasteiger partial charge in [0.15, 0.2) is 0 Å². The van der Waals surface area contributed by atoms with Crippen LogP contribution in [0.2, 0.25) is 0 Å². The molecule has 2 unspecified atom stereocenters. The van der Waals surface area contributed by atoms with E-state index in [1.165, 1.54) is 0 Å². The van der Waals surface area contributed by atoms with E-state index in [2.05, 4.69) is 9.71 Å². The highest BCUT2D eigenvalue weighted by Gasteiger charge is 2.43. The molecule has 1 N–H and O–H groups in total. The van der Waals surface area contributed by atoms with Crippen LogP contribution in [-0.2, 0) is 14.8 Å². The first-order valence-electron chi connectivity index (χ1n) is 10.4. The number of aryl methyl sites for hydroxylation is 1. The number of nitrogens with zero attached hydrogens (tertiary/aromatic N) is 2. The van der Waals surface area contributed by atoms with Crippen LogP contribution in [0, 0.1) is 6.92 Å². The van der Waals surface area contributed by atoms with Crippen molar-refractivity contribution in [2.45, 2.75) is 62.1 Å². The summed E-state index contributed by atoms with van der Waals surface area (Å²) in [6.07, 6.45) is 5.42. The van der Waals surface area contributed by atoms with E-state index in [0.717, 1.165) is 31.2 Å². The molecule has 4 rings (SSSR count). The minimum absolute atomic E-state index is 0.00530. The third-order valence-electron chi connectivity index (χ3n) is 5.83. The Morgan fingerprint density at radius 2 is 1.93 bits per heavy atom. The summed E-state index contributed by atoms with van der Waals surface area (Å²) >= 11 is 0. The van der Waals surface area contributed by atoms with Gasteiger partial charge in [-0.1, -0.05) is 18.2 Å². The predicted molar refractivity (Wildman–Crippen MR) is 113 cm³/mol. The topological polar surface area (TPSA) is 88.6 Å². The summed E-state index contributed by atoms with van der Waals surface area (Å²) in [4.78, 5) is 19.2. The van der Waals surface area contributed by atoms with Crippen LogP contribution < -0.4 is 9.46 Å². The average molecular weight is 430 g/mol. The summed E-state index contributed by atoms with van der Waals surface area (Å²) in [5, 5.41) is 0. The summed E-state index contributed by atoms with van der Waals surface area (Å²) in [7, 11) is -3.61. The van der Waals surface area contributed by atoms with Gasteiger partial charge in [0.1, 0.15) is 6.10 Å². The molecule has 3 heterocycles. The highest BCUT2D eigenvalue weighted by Crippen LogP contribution is 2.37. The number of hydrogen-bond donors (Lipinski definition) is 1. The SMILES string of the molecule is Cc1cccc(S(=O)(=O)NCCC(=O)N2C3CCC2CC(Oc2ccccn2)C3)c1. The van der Waals surface area contributed by atoms with Crippen LogP contribution in [0.4, 0.5) is 0 Å². The van der Waals surface area contributed by atoms with Gasteiger partial charge in [-0.2, -0.15) is 0 Å². The first kappa shape index (κ1) is 20.8. The molecule has 0 radical (unpaired) electrons. The third kappa shape index (κ3) is 4.65. The van der Waals surface area contributed by atoms with Gasteiger partial charge in [-0.25, -0.2) is 18.1 Å². The van der Waals surface area contributed by atoms with Gasteiger partial charge in [0.2, 0.25) is 21.8 Å². The molecule has 160 valence electrons. The van der Waals surface area contributed by atoms with Crippen molar-refractivity contribution >= 4 is 15.9 Å². The van der Waals surface area contributed by atoms with E-state index in [1.807, 2.05) is 36.1 Å². The lowest BCUT2D eigenvalue weighted by Crippen LogP contribution is -2.49. The van der Waals surface area contributed by atoms with Gasteiger partial charge in [-0.05, 0) is 43.5 Å². The largest absolute Gasteiger partial charge is 0.474 e. The fraction of sp³-hybridized carbons (Fsp3) is 0.455. The van der Waals surface area contributed by atoms with E-state index < -0.39 is 10.0 Å². The lowest BCUT2D eigenvalue weighted by molar-refractivity contribution is -0.136. The number of pyridine rings is 1. The summed E-state index contributed by atoms with van der Waals surface area (Å²) in [6.45, 7) is 1.94. The fourth-order valence-corrected chi connectivity index (χ4v) is 5.64. The zero-order valence-corrected chi connectivity index (χ0v) is 17.8. The van der Waals surface area contributed by atoms with Crippen LogP contribution in [0.5, 0.6) is 5.88 Å². The van der Waals surface area contributed by atoms with Gasteiger partial charge in [0.25, 0.3) is 0 Å². The smallest absolute Gasteiger partial charge is 0.240 e. The number of amides is 1. The second-order valence-electron chi connectivity index (χ2n) is 8.03. The van der Waals surface area contributed by atoms with Crippen LogP contribution in [0.1, 0.15) is 37.7 Å². The summed E-state index contributed by atoms with van der Waals surface area (Å²) < 4.78 is 33.4. The van der Waals surface area contributed by atoms with E-state index in [9.17, 15) is 13.2 Å². The molecular formula is C22H27N3O4S. The van der Waals surface area contributed by atoms with Crippen LogP contribution in [0.3, 0.4) is 0 Å². The molecule has 7 nitrogen and oxygen atoms in total. The molecule has 2 aliphatic rings. The van der Waals surface area contributed by atoms with Gasteiger partial charge in [-0.15, -0.1) is 0 Å². The Balaban J connectivity index is 1.30. The van der Waals surface area contributed by atoms with Gasteiger partial charge >= 0.3 is 0 Å². The molecule has 8 heteroatoms. The van der Waals surface area contributed by atoms with Gasteiger partial charge < -0.3 is 9.64 Å². The summed E-state index contributed by atoms with van der Waals surface area (Å²) in [5.74, 6) is 0.623. The quantitative estimate of drug-likeness (QED) is 0.731. The Bertz CT molecular complexity index is 982. The maximum Gasteiger partial charge on any atom is 0.240 e. The van der Waals surface area contributed by atoms with E-state index >= 15 is 0 Å². The van der Waals surface area contributed by atoms with Gasteiger partial charge in [0.05, 0.1) is 4.90 Å². The molecule has 0 spiro atoms. The molecule has 0 saturated carbocycles. The Labute approximate surface area is 177 Å². The first-order chi connectivity index (χ1) is 14.4. The number of ether oxygens (including phenoxy) is 1. The van der Waals surface area contributed by atoms with Crippen molar-refractivity contribution in [1.29, 1.82) is 0 Å². The second kappa shape index (κ2) is 8.73. The number of aromatic nitrogens is 1. The minimum Gasteiger partial charge on any atom is -0.474 e. The Hall–Kier alpha value is -2.45. The number of benzene rings is 1. The molecule has 2 aromatic rings. The maximum absolute atomic E-state index is 12.8. The minimum atomic E-state index is -3.61. The van der Waals surface area contributed by atoms with Crippen molar-refractivity contribution in [1.82, 2.24) is 14.6 Å². The number of carbonyl (C=O) groups is 1. The first-order valence-corrected chi connectivity index (χ1v) is 11.9. The monoisotopic (exact) mass is 429 g/mol. The standard InChI is InChI=1S/C22H27N3O4S/c1-16-5-4-6-20(13-16)30(27,28)24-12-10-22(26)25-17-8-9-18(25)15-19(14-17)29-21-7-2-3-11-23-21/h2-7,11,13,17-19,24H,8-10,12,14-15H2,1H3. The summed E-state index contributed by atoms with van der Waals surface area (Å²) in [5.41, 5.74) is 0.876. The number of carbonyl (C=O) groups excluding carboxylic acids is 1. The zero-order valence-electron chi connectivity index (χ0n) is 17.0. The highest BCUT2D eigenvalue weighted by molar-refractivity contribution is 7.89. The lowest BCUT2D eigenvalue weighted by atomic mass is 9.99. The molecule has 30 heavy (non-hydrogen) atoms. The molecule has 1 aromatic heterocycles. The molecule has 2 atom stereocenters. The summed E-state index contributed by atoms with van der Waals surface area (Å²) in [6, 6.07) is 12.6. The highest BCUT2D eigenvalue weighted by atomic mass is 32.2. The lowest BCUT2D eigenvalue weighted by Gasteiger charge is -2.38. The van der Waals surface area contributed by atoms with Crippen LogP contribution >= 0.6 is 0 Å². The molecular weight excluding hydrogens is 402 g/mol. The van der Waals surface area contributed by atoms with E-state index in [-0.39, 0.29) is 42.0 Å². The van der Waals surface area contributed by atoms with Crippen molar-refractivity contribution in [2.24, 2.45) is 0 Å². The Morgan fingerprint density at radius 3 is 2.60 bits per heavy atom. The van der Waals surface area contributed by atoms with Crippen LogP contribution in [0.15, 0.2) is 53.6 Å². The molecule has 1 aromatic carbocycles. The number of hydrogen-bond acceptors (Lipinski definition) is 5. The zero-order chi connectivity index (χ0) is 21.1. The molecule has 2 bridgehead atoms. The maximum atomic E-state index is 12.8. The Morgan fingerprint density at radius 1 is 1.17 bits per heavy atom. The fourth-order valence-electron chi connectivity index (χ4n) is 4.51. The molecule has 2 aliphatic heterocycles. The van der Waals surface area contributed by atoms with Crippen molar-refractivity contribution in [2.75, 3.05) is 6.54 Å². The van der Waals surface area contributed by atoms with Crippen molar-refractivity contribution in [3.8, 4) is 5.88 Å². The van der Waals surface area contributed by atoms with E-state index in [0.29, 0.717) is 5.88 Å². The number of piperidine rings is 1. The molecule has 1 amide bonds. The van der Waals surface area contributed by atoms with Crippen molar-refractivity contribution in [3.05, 3.63) is 54.2 Å². The normalized spacial score (nSPS) is 23.4. The number of sulfonamides is 1. The van der Waals surface area contributed by atoms with Gasteiger partial charge in [-0.3, -0.25) is 4.79 Å². The van der Waals surface area contributed by atoms with E-state index in [4.69, 9.17) is 4.74 Å². The number of fused-ring (bicyclic) bond motifs is 2. The molecule has 2 saturated heterocycles. The molecule has 2 fully saturated rings. The van der Waals surface area contributed by atoms with Crippen molar-refractivity contribution < 1.29 is 17.9 Å². The van der Waals surface area contributed by atoms with Gasteiger partial charge in [0, 0.05) is 50.2 Å². The number of rotatable bonds is 7. The van der Waals surface area contributed by atoms with Crippen molar-refractivity contribution in [3.63, 3.8) is 0 Å². The average Bonchev–Trinajstić information content (AvgIpc) is 2.99. The third-order valence-corrected chi connectivity index (χ3v) is 7.29. The predicted octanol–water partition coefficient (Wildman–Crippen LogP) is 2.66.